The van der Waals surface area contributed by atoms with Gasteiger partial charge in [0.2, 0.25) is 0 Å². The number of ether oxygens (including phenoxy) is 1. The van der Waals surface area contributed by atoms with E-state index in [1.54, 1.807) is 31.2 Å². The predicted octanol–water partition coefficient (Wildman–Crippen LogP) is 4.48. The van der Waals surface area contributed by atoms with Crippen molar-refractivity contribution >= 4 is 39.4 Å². The molecule has 2 aromatic heterocycles. The number of fused-ring (bicyclic) bond motifs is 2. The second kappa shape index (κ2) is 6.60. The molecule has 2 aromatic carbocycles. The number of furan rings is 1. The number of halogens is 1. The van der Waals surface area contributed by atoms with Crippen molar-refractivity contribution in [3.05, 3.63) is 65.8 Å². The quantitative estimate of drug-likeness (QED) is 0.522. The highest BCUT2D eigenvalue weighted by Crippen LogP contribution is 2.23. The lowest BCUT2D eigenvalue weighted by Crippen LogP contribution is -2.10. The Kier molecular flexibility index (Phi) is 4.12. The van der Waals surface area contributed by atoms with E-state index < -0.39 is 17.7 Å². The molecule has 2 N–H and O–H groups in total. The first kappa shape index (κ1) is 16.8. The molecule has 0 aliphatic heterocycles. The summed E-state index contributed by atoms with van der Waals surface area (Å²) in [6.07, 6.45) is 0. The number of carbonyl (C=O) groups excluding carboxylic acids is 2. The molecular formula is C20H15FN2O4. The number of hydrogen-bond acceptors (Lipinski definition) is 4. The van der Waals surface area contributed by atoms with Crippen LogP contribution in [0.25, 0.3) is 21.9 Å². The van der Waals surface area contributed by atoms with Crippen LogP contribution >= 0.6 is 0 Å². The number of benzene rings is 2. The predicted molar refractivity (Wildman–Crippen MR) is 98.4 cm³/mol. The van der Waals surface area contributed by atoms with E-state index in [2.05, 4.69) is 10.3 Å². The summed E-state index contributed by atoms with van der Waals surface area (Å²) in [5, 5.41) is 4.00. The van der Waals surface area contributed by atoms with Gasteiger partial charge in [0.05, 0.1) is 6.61 Å². The molecule has 0 bridgehead atoms. The molecule has 136 valence electrons. The lowest BCUT2D eigenvalue weighted by molar-refractivity contribution is 0.0520. The van der Waals surface area contributed by atoms with Crippen LogP contribution in [0, 0.1) is 5.82 Å². The van der Waals surface area contributed by atoms with Crippen molar-refractivity contribution < 1.29 is 23.1 Å². The van der Waals surface area contributed by atoms with Crippen molar-refractivity contribution in [2.75, 3.05) is 11.9 Å². The van der Waals surface area contributed by atoms with Gasteiger partial charge in [-0.1, -0.05) is 0 Å². The van der Waals surface area contributed by atoms with Crippen LogP contribution in [0.1, 0.15) is 28.0 Å². The molecule has 6 nitrogen and oxygen atoms in total. The van der Waals surface area contributed by atoms with E-state index >= 15 is 0 Å². The fraction of sp³-hybridized carbons (Fsp3) is 0.100. The lowest BCUT2D eigenvalue weighted by atomic mass is 10.2. The van der Waals surface area contributed by atoms with Crippen LogP contribution in [0.3, 0.4) is 0 Å². The van der Waals surface area contributed by atoms with E-state index in [1.807, 2.05) is 0 Å². The van der Waals surface area contributed by atoms with Crippen LogP contribution in [0.15, 0.2) is 52.9 Å². The van der Waals surface area contributed by atoms with E-state index in [4.69, 9.17) is 9.15 Å². The summed E-state index contributed by atoms with van der Waals surface area (Å²) >= 11 is 0. The molecule has 0 saturated carbocycles. The van der Waals surface area contributed by atoms with Gasteiger partial charge in [0, 0.05) is 22.0 Å². The summed E-state index contributed by atoms with van der Waals surface area (Å²) in [4.78, 5) is 27.2. The van der Waals surface area contributed by atoms with Gasteiger partial charge in [-0.15, -0.1) is 0 Å². The zero-order chi connectivity index (χ0) is 19.0. The van der Waals surface area contributed by atoms with Gasteiger partial charge >= 0.3 is 5.97 Å². The number of nitrogens with one attached hydrogen (secondary N) is 2. The van der Waals surface area contributed by atoms with Gasteiger partial charge in [-0.05, 0) is 55.5 Å². The van der Waals surface area contributed by atoms with Crippen molar-refractivity contribution in [1.29, 1.82) is 0 Å². The Morgan fingerprint density at radius 2 is 1.96 bits per heavy atom. The van der Waals surface area contributed by atoms with E-state index in [0.717, 1.165) is 10.9 Å². The van der Waals surface area contributed by atoms with Gasteiger partial charge in [-0.25, -0.2) is 9.18 Å². The van der Waals surface area contributed by atoms with Crippen molar-refractivity contribution in [2.45, 2.75) is 6.92 Å². The topological polar surface area (TPSA) is 84.3 Å². The molecule has 2 heterocycles. The van der Waals surface area contributed by atoms with Gasteiger partial charge in [0.15, 0.2) is 5.76 Å². The zero-order valence-electron chi connectivity index (χ0n) is 14.3. The highest BCUT2D eigenvalue weighted by atomic mass is 19.1. The third kappa shape index (κ3) is 3.27. The molecule has 0 atom stereocenters. The normalized spacial score (nSPS) is 11.0. The number of aromatic nitrogens is 1. The number of H-pyrrole nitrogens is 1. The van der Waals surface area contributed by atoms with Crippen LogP contribution in [-0.4, -0.2) is 23.5 Å². The average molecular weight is 366 g/mol. The van der Waals surface area contributed by atoms with Crippen LogP contribution in [0.5, 0.6) is 0 Å². The van der Waals surface area contributed by atoms with Crippen LogP contribution < -0.4 is 5.32 Å². The van der Waals surface area contributed by atoms with Crippen LogP contribution in [0.4, 0.5) is 10.1 Å². The highest BCUT2D eigenvalue weighted by Gasteiger charge is 2.14. The number of esters is 1. The summed E-state index contributed by atoms with van der Waals surface area (Å²) in [7, 11) is 0. The molecule has 0 radical (unpaired) electrons. The first-order valence-electron chi connectivity index (χ1n) is 8.34. The van der Waals surface area contributed by atoms with Crippen molar-refractivity contribution in [2.24, 2.45) is 0 Å². The Morgan fingerprint density at radius 1 is 1.11 bits per heavy atom. The second-order valence-corrected chi connectivity index (χ2v) is 5.95. The Hall–Kier alpha value is -3.61. The molecule has 0 unspecified atom stereocenters. The maximum Gasteiger partial charge on any atom is 0.354 e. The number of hydrogen-bond donors (Lipinski definition) is 2. The maximum absolute atomic E-state index is 13.3. The van der Waals surface area contributed by atoms with Crippen molar-refractivity contribution in [3.8, 4) is 0 Å². The monoisotopic (exact) mass is 366 g/mol. The SMILES string of the molecule is CCOC(=O)c1cc2cc(NC(=O)c3cc4cc(F)ccc4o3)ccc2[nH]1. The number of rotatable bonds is 4. The van der Waals surface area contributed by atoms with E-state index in [9.17, 15) is 14.0 Å². The van der Waals surface area contributed by atoms with Crippen LogP contribution in [0.2, 0.25) is 0 Å². The standard InChI is InChI=1S/C20H15FN2O4/c1-2-26-20(25)16-9-11-8-14(4-5-15(11)23-16)22-19(24)18-10-12-7-13(21)3-6-17(12)27-18/h3-10,23H,2H2,1H3,(H,22,24). The fourth-order valence-electron chi connectivity index (χ4n) is 2.85. The van der Waals surface area contributed by atoms with Gasteiger partial charge in [0.25, 0.3) is 5.91 Å². The summed E-state index contributed by atoms with van der Waals surface area (Å²) in [6, 6.07) is 12.4. The minimum atomic E-state index is -0.452. The Bertz CT molecular complexity index is 1180. The van der Waals surface area contributed by atoms with Gasteiger partial charge in [-0.3, -0.25) is 4.79 Å². The average Bonchev–Trinajstić information content (AvgIpc) is 3.25. The first-order valence-corrected chi connectivity index (χ1v) is 8.34. The summed E-state index contributed by atoms with van der Waals surface area (Å²) in [5.41, 5.74) is 2.06. The number of aromatic amines is 1. The minimum absolute atomic E-state index is 0.0805. The lowest BCUT2D eigenvalue weighted by Gasteiger charge is -2.03. The maximum atomic E-state index is 13.3. The van der Waals surface area contributed by atoms with Crippen LogP contribution in [-0.2, 0) is 4.74 Å². The third-order valence-corrected chi connectivity index (χ3v) is 4.08. The van der Waals surface area contributed by atoms with Gasteiger partial charge < -0.3 is 19.5 Å². The summed E-state index contributed by atoms with van der Waals surface area (Å²) < 4.78 is 23.7. The second-order valence-electron chi connectivity index (χ2n) is 5.95. The molecule has 0 saturated heterocycles. The van der Waals surface area contributed by atoms with Crippen molar-refractivity contribution in [3.63, 3.8) is 0 Å². The minimum Gasteiger partial charge on any atom is -0.461 e. The fourth-order valence-corrected chi connectivity index (χ4v) is 2.85. The smallest absolute Gasteiger partial charge is 0.354 e. The zero-order valence-corrected chi connectivity index (χ0v) is 14.3. The van der Waals surface area contributed by atoms with E-state index in [-0.39, 0.29) is 12.4 Å². The molecule has 7 heteroatoms. The molecule has 4 rings (SSSR count). The Morgan fingerprint density at radius 3 is 2.78 bits per heavy atom. The molecular weight excluding hydrogens is 351 g/mol. The number of carbonyl (C=O) groups is 2. The molecule has 27 heavy (non-hydrogen) atoms. The summed E-state index contributed by atoms with van der Waals surface area (Å²) in [5.74, 6) is -1.21. The molecule has 0 spiro atoms. The molecule has 0 fully saturated rings. The van der Waals surface area contributed by atoms with Gasteiger partial charge in [0.1, 0.15) is 17.1 Å². The van der Waals surface area contributed by atoms with E-state index in [0.29, 0.717) is 22.4 Å². The number of anilines is 1. The Balaban J connectivity index is 1.58. The summed E-state index contributed by atoms with van der Waals surface area (Å²) in [6.45, 7) is 2.03. The van der Waals surface area contributed by atoms with Gasteiger partial charge in [-0.2, -0.15) is 0 Å². The highest BCUT2D eigenvalue weighted by molar-refractivity contribution is 6.05. The molecule has 4 aromatic rings. The largest absolute Gasteiger partial charge is 0.461 e. The van der Waals surface area contributed by atoms with E-state index in [1.165, 1.54) is 24.3 Å². The molecule has 1 amide bonds. The first-order chi connectivity index (χ1) is 13.0. The molecule has 0 aliphatic carbocycles. The van der Waals surface area contributed by atoms with Crippen molar-refractivity contribution in [1.82, 2.24) is 4.98 Å². The molecule has 0 aliphatic rings. The Labute approximate surface area is 152 Å². The number of amides is 1. The third-order valence-electron chi connectivity index (χ3n) is 4.08.